The van der Waals surface area contributed by atoms with E-state index >= 15 is 0 Å². The van der Waals surface area contributed by atoms with Crippen LogP contribution >= 0.6 is 11.8 Å². The molecule has 0 amide bonds. The second-order valence-electron chi connectivity index (χ2n) is 4.50. The first kappa shape index (κ1) is 14.5. The number of nitriles is 1. The van der Waals surface area contributed by atoms with E-state index in [1.807, 2.05) is 35.1 Å². The molecule has 0 saturated heterocycles. The Hall–Kier alpha value is -1.93. The molecule has 20 heavy (non-hydrogen) atoms. The fraction of sp³-hybridized carbons (Fsp3) is 0.333. The van der Waals surface area contributed by atoms with E-state index in [2.05, 4.69) is 30.3 Å². The Kier molecular flexibility index (Phi) is 5.08. The predicted octanol–water partition coefficient (Wildman–Crippen LogP) is 3.37. The summed E-state index contributed by atoms with van der Waals surface area (Å²) < 4.78 is 1.88. The number of hydrogen-bond acceptors (Lipinski definition) is 4. The molecular formula is C15H18N4S. The highest BCUT2D eigenvalue weighted by atomic mass is 32.2. The third-order valence-corrected chi connectivity index (χ3v) is 3.80. The fourth-order valence-corrected chi connectivity index (χ4v) is 2.83. The van der Waals surface area contributed by atoms with Crippen molar-refractivity contribution in [3.8, 4) is 6.07 Å². The van der Waals surface area contributed by atoms with Crippen molar-refractivity contribution in [1.29, 1.82) is 5.26 Å². The van der Waals surface area contributed by atoms with Crippen molar-refractivity contribution in [2.45, 2.75) is 31.3 Å². The van der Waals surface area contributed by atoms with Gasteiger partial charge >= 0.3 is 0 Å². The molecule has 0 bridgehead atoms. The maximum atomic E-state index is 9.37. The van der Waals surface area contributed by atoms with Gasteiger partial charge in [0.05, 0.1) is 17.8 Å². The third-order valence-electron chi connectivity index (χ3n) is 2.86. The van der Waals surface area contributed by atoms with Gasteiger partial charge in [0.25, 0.3) is 0 Å². The molecule has 0 spiro atoms. The Labute approximate surface area is 123 Å². The van der Waals surface area contributed by atoms with E-state index in [-0.39, 0.29) is 6.04 Å². The Morgan fingerprint density at radius 1 is 1.45 bits per heavy atom. The SMILES string of the molecule is CCSc1cccc(NC(C)Cn2cccn2)c1C#N. The van der Waals surface area contributed by atoms with Crippen molar-refractivity contribution in [1.82, 2.24) is 9.78 Å². The molecule has 0 aliphatic heterocycles. The monoisotopic (exact) mass is 286 g/mol. The number of nitrogens with one attached hydrogen (secondary N) is 1. The first-order chi connectivity index (χ1) is 9.74. The second kappa shape index (κ2) is 7.01. The lowest BCUT2D eigenvalue weighted by Gasteiger charge is -2.17. The Morgan fingerprint density at radius 3 is 2.95 bits per heavy atom. The molecule has 2 rings (SSSR count). The van der Waals surface area contributed by atoms with Crippen LogP contribution in [0.4, 0.5) is 5.69 Å². The zero-order valence-electron chi connectivity index (χ0n) is 11.7. The van der Waals surface area contributed by atoms with Crippen LogP contribution in [0.3, 0.4) is 0 Å². The van der Waals surface area contributed by atoms with Gasteiger partial charge in [-0.15, -0.1) is 11.8 Å². The van der Waals surface area contributed by atoms with Crippen LogP contribution in [0.1, 0.15) is 19.4 Å². The Bertz CT molecular complexity index is 586. The van der Waals surface area contributed by atoms with Gasteiger partial charge in [0.1, 0.15) is 6.07 Å². The largest absolute Gasteiger partial charge is 0.380 e. The Morgan fingerprint density at radius 2 is 2.30 bits per heavy atom. The molecule has 104 valence electrons. The predicted molar refractivity (Wildman–Crippen MR) is 82.9 cm³/mol. The summed E-state index contributed by atoms with van der Waals surface area (Å²) in [6.07, 6.45) is 3.71. The van der Waals surface area contributed by atoms with Crippen molar-refractivity contribution in [2.75, 3.05) is 11.1 Å². The number of hydrogen-bond donors (Lipinski definition) is 1. The summed E-state index contributed by atoms with van der Waals surface area (Å²) in [6, 6.07) is 10.4. The van der Waals surface area contributed by atoms with Crippen LogP contribution < -0.4 is 5.32 Å². The van der Waals surface area contributed by atoms with Gasteiger partial charge in [-0.2, -0.15) is 10.4 Å². The van der Waals surface area contributed by atoms with Crippen molar-refractivity contribution >= 4 is 17.4 Å². The maximum absolute atomic E-state index is 9.37. The zero-order valence-corrected chi connectivity index (χ0v) is 12.5. The zero-order chi connectivity index (χ0) is 14.4. The molecule has 0 radical (unpaired) electrons. The van der Waals surface area contributed by atoms with Crippen LogP contribution in [0.25, 0.3) is 0 Å². The summed E-state index contributed by atoms with van der Waals surface area (Å²) in [4.78, 5) is 1.03. The minimum atomic E-state index is 0.198. The van der Waals surface area contributed by atoms with E-state index in [0.29, 0.717) is 0 Å². The van der Waals surface area contributed by atoms with Gasteiger partial charge in [-0.3, -0.25) is 4.68 Å². The lowest BCUT2D eigenvalue weighted by atomic mass is 10.1. The highest BCUT2D eigenvalue weighted by molar-refractivity contribution is 7.99. The number of nitrogens with zero attached hydrogens (tertiary/aromatic N) is 3. The first-order valence-electron chi connectivity index (χ1n) is 6.64. The number of anilines is 1. The number of thioether (sulfide) groups is 1. The van der Waals surface area contributed by atoms with E-state index in [4.69, 9.17) is 0 Å². The molecule has 0 aliphatic rings. The second-order valence-corrected chi connectivity index (χ2v) is 5.80. The molecule has 4 nitrogen and oxygen atoms in total. The molecular weight excluding hydrogens is 268 g/mol. The third kappa shape index (κ3) is 3.55. The summed E-state index contributed by atoms with van der Waals surface area (Å²) >= 11 is 1.69. The molecule has 1 unspecified atom stereocenters. The standard InChI is InChI=1S/C15H18N4S/c1-3-20-15-7-4-6-14(13(15)10-16)18-12(2)11-19-9-5-8-17-19/h4-9,12,18H,3,11H2,1-2H3. The summed E-state index contributed by atoms with van der Waals surface area (Å²) in [5.74, 6) is 0.959. The van der Waals surface area contributed by atoms with Gasteiger partial charge in [-0.1, -0.05) is 13.0 Å². The summed E-state index contributed by atoms with van der Waals surface area (Å²) in [5, 5.41) is 17.0. The van der Waals surface area contributed by atoms with E-state index in [0.717, 1.165) is 28.4 Å². The average Bonchev–Trinajstić information content (AvgIpc) is 2.92. The van der Waals surface area contributed by atoms with E-state index in [1.165, 1.54) is 0 Å². The first-order valence-corrected chi connectivity index (χ1v) is 7.63. The summed E-state index contributed by atoms with van der Waals surface area (Å²) in [7, 11) is 0. The molecule has 1 atom stereocenters. The number of rotatable bonds is 6. The van der Waals surface area contributed by atoms with Crippen LogP contribution in [0, 0.1) is 11.3 Å². The normalized spacial score (nSPS) is 11.8. The lowest BCUT2D eigenvalue weighted by molar-refractivity contribution is 0.561. The fourth-order valence-electron chi connectivity index (χ4n) is 2.04. The smallest absolute Gasteiger partial charge is 0.102 e. The quantitative estimate of drug-likeness (QED) is 0.827. The van der Waals surface area contributed by atoms with Gasteiger partial charge in [-0.25, -0.2) is 0 Å². The average molecular weight is 286 g/mol. The highest BCUT2D eigenvalue weighted by Gasteiger charge is 2.10. The molecule has 1 N–H and O–H groups in total. The van der Waals surface area contributed by atoms with Crippen molar-refractivity contribution in [3.05, 3.63) is 42.2 Å². The van der Waals surface area contributed by atoms with E-state index < -0.39 is 0 Å². The number of aromatic nitrogens is 2. The van der Waals surface area contributed by atoms with Gasteiger partial charge < -0.3 is 5.32 Å². The molecule has 1 heterocycles. The minimum absolute atomic E-state index is 0.198. The van der Waals surface area contributed by atoms with E-state index in [9.17, 15) is 5.26 Å². The maximum Gasteiger partial charge on any atom is 0.102 e. The van der Waals surface area contributed by atoms with Crippen molar-refractivity contribution in [3.63, 3.8) is 0 Å². The number of benzene rings is 1. The highest BCUT2D eigenvalue weighted by Crippen LogP contribution is 2.28. The minimum Gasteiger partial charge on any atom is -0.380 e. The van der Waals surface area contributed by atoms with Gasteiger partial charge in [0, 0.05) is 23.3 Å². The van der Waals surface area contributed by atoms with Crippen LogP contribution in [0.5, 0.6) is 0 Å². The van der Waals surface area contributed by atoms with Crippen LogP contribution in [0.2, 0.25) is 0 Å². The molecule has 0 fully saturated rings. The summed E-state index contributed by atoms with van der Waals surface area (Å²) in [6.45, 7) is 4.94. The van der Waals surface area contributed by atoms with Gasteiger partial charge in [0.15, 0.2) is 0 Å². The molecule has 5 heteroatoms. The van der Waals surface area contributed by atoms with Crippen LogP contribution in [0.15, 0.2) is 41.6 Å². The Balaban J connectivity index is 2.12. The summed E-state index contributed by atoms with van der Waals surface area (Å²) in [5.41, 5.74) is 1.62. The van der Waals surface area contributed by atoms with Crippen LogP contribution in [-0.4, -0.2) is 21.6 Å². The van der Waals surface area contributed by atoms with E-state index in [1.54, 1.807) is 18.0 Å². The molecule has 1 aromatic heterocycles. The molecule has 0 aliphatic carbocycles. The molecule has 2 aromatic rings. The van der Waals surface area contributed by atoms with Gasteiger partial charge in [0.2, 0.25) is 0 Å². The van der Waals surface area contributed by atoms with Crippen molar-refractivity contribution in [2.24, 2.45) is 0 Å². The topological polar surface area (TPSA) is 53.6 Å². The molecule has 1 aromatic carbocycles. The lowest BCUT2D eigenvalue weighted by Crippen LogP contribution is -2.22. The van der Waals surface area contributed by atoms with Gasteiger partial charge in [-0.05, 0) is 30.9 Å². The van der Waals surface area contributed by atoms with Crippen molar-refractivity contribution < 1.29 is 0 Å². The van der Waals surface area contributed by atoms with Crippen LogP contribution in [-0.2, 0) is 6.54 Å². The molecule has 0 saturated carbocycles.